The molecule has 0 atom stereocenters. The Morgan fingerprint density at radius 3 is 2.40 bits per heavy atom. The molecule has 2 aromatic carbocycles. The van der Waals surface area contributed by atoms with Gasteiger partial charge in [0.1, 0.15) is 0 Å². The molecule has 3 aromatic rings. The molecular weight excluding hydrogens is 366 g/mol. The minimum Gasteiger partial charge on any atom is -0.424 e. The molecule has 0 aliphatic carbocycles. The van der Waals surface area contributed by atoms with Crippen molar-refractivity contribution in [2.24, 2.45) is 0 Å². The summed E-state index contributed by atoms with van der Waals surface area (Å²) in [6.45, 7) is 0. The van der Waals surface area contributed by atoms with E-state index in [9.17, 15) is 13.2 Å². The van der Waals surface area contributed by atoms with Gasteiger partial charge in [-0.15, -0.1) is 0 Å². The van der Waals surface area contributed by atoms with Crippen LogP contribution in [0.1, 0.15) is 0 Å². The quantitative estimate of drug-likeness (QED) is 0.746. The van der Waals surface area contributed by atoms with Crippen LogP contribution in [0.3, 0.4) is 0 Å². The number of halogens is 1. The molecular formula is C17H14ClNO5S. The molecule has 0 bridgehead atoms. The zero-order valence-electron chi connectivity index (χ0n) is 13.4. The Morgan fingerprint density at radius 2 is 1.80 bits per heavy atom. The molecule has 130 valence electrons. The molecule has 1 aromatic heterocycles. The van der Waals surface area contributed by atoms with E-state index in [1.54, 1.807) is 24.3 Å². The average Bonchev–Trinajstić information content (AvgIpc) is 2.97. The SMILES string of the molecule is CNC(=O)Oc1cc2cc(-c3ccc(S(C)(=O)=O)cc3)cc(Cl)c2o1. The van der Waals surface area contributed by atoms with Crippen LogP contribution >= 0.6 is 11.6 Å². The number of carbonyl (C=O) groups excluding carboxylic acids is 1. The number of furan rings is 1. The summed E-state index contributed by atoms with van der Waals surface area (Å²) in [5.41, 5.74) is 1.98. The number of rotatable bonds is 3. The van der Waals surface area contributed by atoms with E-state index in [-0.39, 0.29) is 10.8 Å². The van der Waals surface area contributed by atoms with Gasteiger partial charge in [0.05, 0.1) is 9.92 Å². The first-order chi connectivity index (χ1) is 11.8. The Hall–Kier alpha value is -2.51. The second kappa shape index (κ2) is 6.42. The first-order valence-corrected chi connectivity index (χ1v) is 9.48. The summed E-state index contributed by atoms with van der Waals surface area (Å²) in [5, 5.41) is 3.34. The zero-order chi connectivity index (χ0) is 18.2. The van der Waals surface area contributed by atoms with Gasteiger partial charge < -0.3 is 14.5 Å². The van der Waals surface area contributed by atoms with Crippen LogP contribution in [0.25, 0.3) is 22.1 Å². The van der Waals surface area contributed by atoms with Gasteiger partial charge in [-0.05, 0) is 35.4 Å². The summed E-state index contributed by atoms with van der Waals surface area (Å²) in [4.78, 5) is 11.5. The minimum atomic E-state index is -3.25. The highest BCUT2D eigenvalue weighted by molar-refractivity contribution is 7.90. The van der Waals surface area contributed by atoms with Gasteiger partial charge in [-0.25, -0.2) is 13.2 Å². The first kappa shape index (κ1) is 17.3. The van der Waals surface area contributed by atoms with E-state index >= 15 is 0 Å². The van der Waals surface area contributed by atoms with E-state index in [1.807, 2.05) is 6.07 Å². The predicted molar refractivity (Wildman–Crippen MR) is 94.9 cm³/mol. The lowest BCUT2D eigenvalue weighted by molar-refractivity contribution is 0.191. The molecule has 8 heteroatoms. The zero-order valence-corrected chi connectivity index (χ0v) is 14.9. The minimum absolute atomic E-state index is 0.0285. The number of nitrogens with one attached hydrogen (secondary N) is 1. The highest BCUT2D eigenvalue weighted by Gasteiger charge is 2.14. The lowest BCUT2D eigenvalue weighted by atomic mass is 10.0. The van der Waals surface area contributed by atoms with Crippen LogP contribution < -0.4 is 10.1 Å². The fraction of sp³-hybridized carbons (Fsp3) is 0.118. The normalized spacial score (nSPS) is 11.5. The van der Waals surface area contributed by atoms with Crippen molar-refractivity contribution >= 4 is 38.5 Å². The van der Waals surface area contributed by atoms with Gasteiger partial charge in [0.2, 0.25) is 0 Å². The first-order valence-electron chi connectivity index (χ1n) is 7.21. The van der Waals surface area contributed by atoms with Crippen molar-refractivity contribution in [1.29, 1.82) is 0 Å². The number of amides is 1. The third-order valence-corrected chi connectivity index (χ3v) is 4.97. The molecule has 0 saturated carbocycles. The van der Waals surface area contributed by atoms with Gasteiger partial charge in [-0.2, -0.15) is 0 Å². The number of hydrogen-bond acceptors (Lipinski definition) is 5. The van der Waals surface area contributed by atoms with E-state index in [0.717, 1.165) is 17.4 Å². The second-order valence-corrected chi connectivity index (χ2v) is 7.80. The van der Waals surface area contributed by atoms with Crippen LogP contribution in [0, 0.1) is 0 Å². The van der Waals surface area contributed by atoms with E-state index in [2.05, 4.69) is 5.32 Å². The van der Waals surface area contributed by atoms with Crippen LogP contribution in [0.5, 0.6) is 5.95 Å². The number of hydrogen-bond donors (Lipinski definition) is 1. The van der Waals surface area contributed by atoms with Gasteiger partial charge in [-0.3, -0.25) is 0 Å². The molecule has 0 unspecified atom stereocenters. The molecule has 0 fully saturated rings. The molecule has 6 nitrogen and oxygen atoms in total. The molecule has 3 rings (SSSR count). The van der Waals surface area contributed by atoms with Crippen molar-refractivity contribution in [3.8, 4) is 17.1 Å². The monoisotopic (exact) mass is 379 g/mol. The van der Waals surface area contributed by atoms with Gasteiger partial charge >= 0.3 is 6.09 Å². The fourth-order valence-electron chi connectivity index (χ4n) is 2.34. The molecule has 0 radical (unpaired) electrons. The number of sulfone groups is 1. The molecule has 1 heterocycles. The van der Waals surface area contributed by atoms with Crippen molar-refractivity contribution in [3.63, 3.8) is 0 Å². The van der Waals surface area contributed by atoms with Crippen LogP contribution in [-0.2, 0) is 9.84 Å². The highest BCUT2D eigenvalue weighted by Crippen LogP contribution is 2.35. The summed E-state index contributed by atoms with van der Waals surface area (Å²) < 4.78 is 33.5. The van der Waals surface area contributed by atoms with E-state index in [4.69, 9.17) is 20.8 Å². The Balaban J connectivity index is 2.01. The lowest BCUT2D eigenvalue weighted by Crippen LogP contribution is -2.21. The number of fused-ring (bicyclic) bond motifs is 1. The molecule has 25 heavy (non-hydrogen) atoms. The summed E-state index contributed by atoms with van der Waals surface area (Å²) in [6.07, 6.45) is 0.511. The standard InChI is InChI=1S/C17H14ClNO5S/c1-19-17(20)24-15-9-12-7-11(8-14(18)16(12)23-15)10-3-5-13(6-4-10)25(2,21)22/h3-9H,1-2H3,(H,19,20). The topological polar surface area (TPSA) is 85.6 Å². The van der Waals surface area contributed by atoms with E-state index in [0.29, 0.717) is 16.0 Å². The Bertz CT molecular complexity index is 1050. The smallest absolute Gasteiger partial charge is 0.414 e. The van der Waals surface area contributed by atoms with Crippen LogP contribution in [0.4, 0.5) is 4.79 Å². The Morgan fingerprint density at radius 1 is 1.12 bits per heavy atom. The average molecular weight is 380 g/mol. The predicted octanol–water partition coefficient (Wildman–Crippen LogP) is 3.87. The number of benzene rings is 2. The molecule has 0 aliphatic rings. The molecule has 1 amide bonds. The molecule has 0 saturated heterocycles. The summed E-state index contributed by atoms with van der Waals surface area (Å²) in [5.74, 6) is 0.0285. The van der Waals surface area contributed by atoms with Gasteiger partial charge in [0.25, 0.3) is 5.95 Å². The maximum Gasteiger partial charge on any atom is 0.414 e. The summed E-state index contributed by atoms with van der Waals surface area (Å²) >= 11 is 6.25. The van der Waals surface area contributed by atoms with Gasteiger partial charge in [-0.1, -0.05) is 23.7 Å². The largest absolute Gasteiger partial charge is 0.424 e. The molecule has 0 aliphatic heterocycles. The van der Waals surface area contributed by atoms with Crippen molar-refractivity contribution in [2.75, 3.05) is 13.3 Å². The van der Waals surface area contributed by atoms with Crippen molar-refractivity contribution in [3.05, 3.63) is 47.5 Å². The maximum absolute atomic E-state index is 11.5. The maximum atomic E-state index is 11.5. The van der Waals surface area contributed by atoms with Crippen molar-refractivity contribution < 1.29 is 22.4 Å². The van der Waals surface area contributed by atoms with Crippen molar-refractivity contribution in [1.82, 2.24) is 5.32 Å². The van der Waals surface area contributed by atoms with Crippen LogP contribution in [-0.4, -0.2) is 27.8 Å². The Labute approximate surface area is 149 Å². The Kier molecular flexibility index (Phi) is 4.45. The highest BCUT2D eigenvalue weighted by atomic mass is 35.5. The fourth-order valence-corrected chi connectivity index (χ4v) is 3.24. The van der Waals surface area contributed by atoms with Crippen LogP contribution in [0.15, 0.2) is 51.8 Å². The summed E-state index contributed by atoms with van der Waals surface area (Å²) in [7, 11) is -1.81. The van der Waals surface area contributed by atoms with Crippen LogP contribution in [0.2, 0.25) is 5.02 Å². The van der Waals surface area contributed by atoms with Gasteiger partial charge in [0, 0.05) is 24.8 Å². The number of carbonyl (C=O) groups is 1. The third kappa shape index (κ3) is 3.62. The van der Waals surface area contributed by atoms with E-state index in [1.165, 1.54) is 19.2 Å². The number of ether oxygens (including phenoxy) is 1. The van der Waals surface area contributed by atoms with Gasteiger partial charge in [0.15, 0.2) is 15.4 Å². The molecule has 1 N–H and O–H groups in total. The van der Waals surface area contributed by atoms with Crippen molar-refractivity contribution in [2.45, 2.75) is 4.90 Å². The summed E-state index contributed by atoms with van der Waals surface area (Å²) in [6, 6.07) is 11.6. The second-order valence-electron chi connectivity index (χ2n) is 5.38. The van der Waals surface area contributed by atoms with E-state index < -0.39 is 15.9 Å². The molecule has 0 spiro atoms. The lowest BCUT2D eigenvalue weighted by Gasteiger charge is -2.04. The third-order valence-electron chi connectivity index (χ3n) is 3.56.